The summed E-state index contributed by atoms with van der Waals surface area (Å²) in [6.45, 7) is 0.377. The van der Waals surface area contributed by atoms with E-state index in [4.69, 9.17) is 0 Å². The van der Waals surface area contributed by atoms with Crippen LogP contribution in [0.25, 0.3) is 10.8 Å². The molecule has 0 atom stereocenters. The van der Waals surface area contributed by atoms with Crippen LogP contribution in [0.1, 0.15) is 48.9 Å². The van der Waals surface area contributed by atoms with Crippen LogP contribution >= 0.6 is 0 Å². The number of hydrogen-bond donors (Lipinski definition) is 1. The minimum absolute atomic E-state index is 0.116. The molecule has 1 fully saturated rings. The smallest absolute Gasteiger partial charge is 0.251 e. The summed E-state index contributed by atoms with van der Waals surface area (Å²) < 4.78 is 0. The van der Waals surface area contributed by atoms with Crippen LogP contribution in [0.15, 0.2) is 42.5 Å². The number of amides is 2. The fourth-order valence-corrected chi connectivity index (χ4v) is 3.56. The highest BCUT2D eigenvalue weighted by atomic mass is 16.2. The predicted molar refractivity (Wildman–Crippen MR) is 101 cm³/mol. The Morgan fingerprint density at radius 3 is 2.52 bits per heavy atom. The Labute approximate surface area is 149 Å². The van der Waals surface area contributed by atoms with Crippen molar-refractivity contribution in [2.45, 2.75) is 44.6 Å². The molecule has 3 rings (SSSR count). The number of nitrogens with one attached hydrogen (secondary N) is 1. The van der Waals surface area contributed by atoms with Crippen LogP contribution in [0, 0.1) is 0 Å². The molecule has 2 amide bonds. The van der Waals surface area contributed by atoms with E-state index in [0.29, 0.717) is 24.6 Å². The second kappa shape index (κ2) is 8.15. The largest absolute Gasteiger partial charge is 0.352 e. The zero-order chi connectivity index (χ0) is 17.6. The van der Waals surface area contributed by atoms with E-state index in [2.05, 4.69) is 5.32 Å². The molecule has 0 aromatic heterocycles. The zero-order valence-electron chi connectivity index (χ0n) is 14.8. The fraction of sp³-hybridized carbons (Fsp3) is 0.429. The Morgan fingerprint density at radius 2 is 1.76 bits per heavy atom. The van der Waals surface area contributed by atoms with Crippen molar-refractivity contribution in [3.05, 3.63) is 48.0 Å². The maximum Gasteiger partial charge on any atom is 0.251 e. The van der Waals surface area contributed by atoms with Crippen LogP contribution in [0.4, 0.5) is 0 Å². The molecule has 132 valence electrons. The monoisotopic (exact) mass is 338 g/mol. The molecule has 1 aliphatic rings. The van der Waals surface area contributed by atoms with Crippen molar-refractivity contribution in [1.82, 2.24) is 10.2 Å². The average molecular weight is 338 g/mol. The summed E-state index contributed by atoms with van der Waals surface area (Å²) in [6, 6.07) is 14.0. The molecule has 1 aliphatic carbocycles. The van der Waals surface area contributed by atoms with Gasteiger partial charge in [-0.3, -0.25) is 9.59 Å². The first-order valence-corrected chi connectivity index (χ1v) is 9.18. The maximum absolute atomic E-state index is 12.3. The lowest BCUT2D eigenvalue weighted by atomic mass is 9.94. The molecular weight excluding hydrogens is 312 g/mol. The van der Waals surface area contributed by atoms with Gasteiger partial charge >= 0.3 is 0 Å². The van der Waals surface area contributed by atoms with Crippen LogP contribution in [0.2, 0.25) is 0 Å². The standard InChI is InChI=1S/C21H26N2O2/c1-23(19-9-3-2-4-10-19)20(24)13-14-22-21(25)18-12-11-16-7-5-6-8-17(16)15-18/h5-8,11-12,15,19H,2-4,9-10,13-14H2,1H3,(H,22,25). The van der Waals surface area contributed by atoms with Gasteiger partial charge in [0.25, 0.3) is 5.91 Å². The van der Waals surface area contributed by atoms with E-state index in [-0.39, 0.29) is 11.8 Å². The third-order valence-electron chi connectivity index (χ3n) is 5.15. The molecular formula is C21H26N2O2. The van der Waals surface area contributed by atoms with Crippen LogP contribution in [-0.4, -0.2) is 36.3 Å². The van der Waals surface area contributed by atoms with Crippen LogP contribution in [0.3, 0.4) is 0 Å². The quantitative estimate of drug-likeness (QED) is 0.902. The topological polar surface area (TPSA) is 49.4 Å². The summed E-state index contributed by atoms with van der Waals surface area (Å²) in [7, 11) is 1.89. The summed E-state index contributed by atoms with van der Waals surface area (Å²) in [4.78, 5) is 26.5. The van der Waals surface area contributed by atoms with E-state index in [1.165, 1.54) is 19.3 Å². The molecule has 1 saturated carbocycles. The van der Waals surface area contributed by atoms with Crippen molar-refractivity contribution in [1.29, 1.82) is 0 Å². The maximum atomic E-state index is 12.3. The van der Waals surface area contributed by atoms with E-state index in [1.807, 2.05) is 54.4 Å². The lowest BCUT2D eigenvalue weighted by molar-refractivity contribution is -0.132. The van der Waals surface area contributed by atoms with Gasteiger partial charge in [0.1, 0.15) is 0 Å². The Hall–Kier alpha value is -2.36. The normalized spacial score (nSPS) is 15.1. The number of benzene rings is 2. The second-order valence-electron chi connectivity index (χ2n) is 6.86. The van der Waals surface area contributed by atoms with Crippen LogP contribution in [-0.2, 0) is 4.79 Å². The number of fused-ring (bicyclic) bond motifs is 1. The number of hydrogen-bond acceptors (Lipinski definition) is 2. The molecule has 4 nitrogen and oxygen atoms in total. The number of nitrogens with zero attached hydrogens (tertiary/aromatic N) is 1. The van der Waals surface area contributed by atoms with Crippen molar-refractivity contribution in [3.63, 3.8) is 0 Å². The van der Waals surface area contributed by atoms with E-state index in [1.54, 1.807) is 0 Å². The highest BCUT2D eigenvalue weighted by molar-refractivity contribution is 5.98. The first kappa shape index (κ1) is 17.5. The highest BCUT2D eigenvalue weighted by Gasteiger charge is 2.21. The number of carbonyl (C=O) groups is 2. The van der Waals surface area contributed by atoms with Crippen molar-refractivity contribution in [2.24, 2.45) is 0 Å². The van der Waals surface area contributed by atoms with Crippen molar-refractivity contribution in [3.8, 4) is 0 Å². The highest BCUT2D eigenvalue weighted by Crippen LogP contribution is 2.22. The zero-order valence-corrected chi connectivity index (χ0v) is 14.8. The SMILES string of the molecule is CN(C(=O)CCNC(=O)c1ccc2ccccc2c1)C1CCCCC1. The number of rotatable bonds is 5. The van der Waals surface area contributed by atoms with Gasteiger partial charge in [-0.1, -0.05) is 49.6 Å². The first-order valence-electron chi connectivity index (χ1n) is 9.18. The van der Waals surface area contributed by atoms with Crippen LogP contribution in [0.5, 0.6) is 0 Å². The molecule has 0 aliphatic heterocycles. The van der Waals surface area contributed by atoms with Gasteiger partial charge in [-0.05, 0) is 35.7 Å². The number of carbonyl (C=O) groups excluding carboxylic acids is 2. The Bertz CT molecular complexity index is 750. The summed E-state index contributed by atoms with van der Waals surface area (Å²) in [5, 5.41) is 5.02. The first-order chi connectivity index (χ1) is 12.1. The lowest BCUT2D eigenvalue weighted by Crippen LogP contribution is -2.39. The van der Waals surface area contributed by atoms with Gasteiger partial charge in [0.05, 0.1) is 0 Å². The second-order valence-corrected chi connectivity index (χ2v) is 6.86. The van der Waals surface area contributed by atoms with E-state index < -0.39 is 0 Å². The Balaban J connectivity index is 1.50. The average Bonchev–Trinajstić information content (AvgIpc) is 2.67. The van der Waals surface area contributed by atoms with E-state index in [0.717, 1.165) is 23.6 Å². The minimum atomic E-state index is -0.126. The molecule has 0 radical (unpaired) electrons. The van der Waals surface area contributed by atoms with Gasteiger partial charge in [0.2, 0.25) is 5.91 Å². The molecule has 4 heteroatoms. The van der Waals surface area contributed by atoms with E-state index >= 15 is 0 Å². The lowest BCUT2D eigenvalue weighted by Gasteiger charge is -2.31. The molecule has 1 N–H and O–H groups in total. The molecule has 0 saturated heterocycles. The molecule has 0 bridgehead atoms. The van der Waals surface area contributed by atoms with Gasteiger partial charge in [0, 0.05) is 31.6 Å². The Morgan fingerprint density at radius 1 is 1.04 bits per heavy atom. The molecule has 25 heavy (non-hydrogen) atoms. The summed E-state index contributed by atoms with van der Waals surface area (Å²) >= 11 is 0. The van der Waals surface area contributed by atoms with Gasteiger partial charge in [-0.25, -0.2) is 0 Å². The van der Waals surface area contributed by atoms with Crippen LogP contribution < -0.4 is 5.32 Å². The fourth-order valence-electron chi connectivity index (χ4n) is 3.56. The third kappa shape index (κ3) is 4.38. The third-order valence-corrected chi connectivity index (χ3v) is 5.15. The van der Waals surface area contributed by atoms with Crippen molar-refractivity contribution >= 4 is 22.6 Å². The predicted octanol–water partition coefficient (Wildman–Crippen LogP) is 3.75. The molecule has 2 aromatic rings. The Kier molecular flexibility index (Phi) is 5.69. The minimum Gasteiger partial charge on any atom is -0.352 e. The summed E-state index contributed by atoms with van der Waals surface area (Å²) in [5.74, 6) is -0.00964. The van der Waals surface area contributed by atoms with Gasteiger partial charge in [0.15, 0.2) is 0 Å². The van der Waals surface area contributed by atoms with Crippen molar-refractivity contribution < 1.29 is 9.59 Å². The van der Waals surface area contributed by atoms with Gasteiger partial charge in [-0.15, -0.1) is 0 Å². The molecule has 0 spiro atoms. The molecule has 2 aromatic carbocycles. The molecule has 0 heterocycles. The molecule has 0 unspecified atom stereocenters. The van der Waals surface area contributed by atoms with Gasteiger partial charge in [-0.2, -0.15) is 0 Å². The van der Waals surface area contributed by atoms with Crippen molar-refractivity contribution in [2.75, 3.05) is 13.6 Å². The van der Waals surface area contributed by atoms with E-state index in [9.17, 15) is 9.59 Å². The summed E-state index contributed by atoms with van der Waals surface area (Å²) in [5.41, 5.74) is 0.631. The summed E-state index contributed by atoms with van der Waals surface area (Å²) in [6.07, 6.45) is 6.26. The van der Waals surface area contributed by atoms with Gasteiger partial charge < -0.3 is 10.2 Å².